The Balaban J connectivity index is 1.83. The van der Waals surface area contributed by atoms with Crippen molar-refractivity contribution in [2.24, 2.45) is 5.92 Å². The maximum atomic E-state index is 11.5. The van der Waals surface area contributed by atoms with E-state index in [4.69, 9.17) is 0 Å². The summed E-state index contributed by atoms with van der Waals surface area (Å²) in [5.41, 5.74) is 3.17. The highest BCUT2D eigenvalue weighted by Crippen LogP contribution is 2.50. The summed E-state index contributed by atoms with van der Waals surface area (Å²) in [6, 6.07) is 13.7. The fourth-order valence-electron chi connectivity index (χ4n) is 3.79. The average Bonchev–Trinajstić information content (AvgIpc) is 3.04. The number of anilines is 1. The number of aromatic carboxylic acids is 1. The molecular weight excluding hydrogens is 354 g/mol. The van der Waals surface area contributed by atoms with Gasteiger partial charge in [-0.1, -0.05) is 58.4 Å². The van der Waals surface area contributed by atoms with E-state index in [9.17, 15) is 9.90 Å². The molecule has 0 saturated carbocycles. The number of hydrogen-bond donors (Lipinski definition) is 1. The molecule has 2 aromatic carbocycles. The highest BCUT2D eigenvalue weighted by molar-refractivity contribution is 9.10. The van der Waals surface area contributed by atoms with Crippen molar-refractivity contribution in [3.05, 3.63) is 75.8 Å². The first-order chi connectivity index (χ1) is 11.1. The lowest BCUT2D eigenvalue weighted by molar-refractivity contribution is -0.254. The predicted molar refractivity (Wildman–Crippen MR) is 91.3 cm³/mol. The second-order valence-corrected chi connectivity index (χ2v) is 7.00. The molecule has 0 radical (unpaired) electrons. The summed E-state index contributed by atoms with van der Waals surface area (Å²) in [6.45, 7) is 0. The minimum absolute atomic E-state index is 0.0936. The molecule has 0 unspecified atom stereocenters. The van der Waals surface area contributed by atoms with E-state index in [0.29, 0.717) is 11.6 Å². The van der Waals surface area contributed by atoms with Gasteiger partial charge in [0.15, 0.2) is 0 Å². The third-order valence-corrected chi connectivity index (χ3v) is 5.37. The monoisotopic (exact) mass is 368 g/mol. The van der Waals surface area contributed by atoms with Crippen molar-refractivity contribution in [3.63, 3.8) is 0 Å². The number of carboxylic acid groups (broad SMARTS) is 1. The molecule has 116 valence electrons. The van der Waals surface area contributed by atoms with Crippen molar-refractivity contribution in [1.82, 2.24) is 0 Å². The van der Waals surface area contributed by atoms with Crippen molar-refractivity contribution in [2.45, 2.75) is 18.4 Å². The van der Waals surface area contributed by atoms with Gasteiger partial charge >= 0.3 is 0 Å². The lowest BCUT2D eigenvalue weighted by Crippen LogP contribution is -2.32. The summed E-state index contributed by atoms with van der Waals surface area (Å²) >= 11 is 3.46. The normalized spacial score (nSPS) is 24.7. The molecule has 0 aromatic heterocycles. The maximum Gasteiger partial charge on any atom is 0.0736 e. The SMILES string of the molecule is O=C([O-])c1cccc2c1N[C@H](c1ccc(Br)cc1)[C@H]1CC=C[C@H]21. The number of rotatable bonds is 2. The second-order valence-electron chi connectivity index (χ2n) is 6.08. The topological polar surface area (TPSA) is 52.2 Å². The molecule has 1 aliphatic heterocycles. The Morgan fingerprint density at radius 2 is 1.96 bits per heavy atom. The van der Waals surface area contributed by atoms with Crippen LogP contribution < -0.4 is 10.4 Å². The molecule has 1 aliphatic carbocycles. The number of nitrogens with one attached hydrogen (secondary N) is 1. The summed E-state index contributed by atoms with van der Waals surface area (Å²) in [6.07, 6.45) is 5.40. The van der Waals surface area contributed by atoms with Crippen LogP contribution >= 0.6 is 15.9 Å². The second kappa shape index (κ2) is 5.53. The molecule has 0 bridgehead atoms. The third kappa shape index (κ3) is 2.38. The molecule has 1 N–H and O–H groups in total. The van der Waals surface area contributed by atoms with Crippen molar-refractivity contribution in [1.29, 1.82) is 0 Å². The van der Waals surface area contributed by atoms with Crippen LogP contribution in [0.15, 0.2) is 59.1 Å². The van der Waals surface area contributed by atoms with Crippen molar-refractivity contribution in [3.8, 4) is 0 Å². The van der Waals surface area contributed by atoms with E-state index >= 15 is 0 Å². The summed E-state index contributed by atoms with van der Waals surface area (Å²) in [7, 11) is 0. The van der Waals surface area contributed by atoms with Crippen LogP contribution in [0.2, 0.25) is 0 Å². The van der Waals surface area contributed by atoms with Gasteiger partial charge < -0.3 is 15.2 Å². The van der Waals surface area contributed by atoms with Crippen LogP contribution in [-0.2, 0) is 0 Å². The molecule has 0 saturated heterocycles. The Hall–Kier alpha value is -2.07. The van der Waals surface area contributed by atoms with E-state index in [1.54, 1.807) is 12.1 Å². The van der Waals surface area contributed by atoms with Crippen LogP contribution in [0.5, 0.6) is 0 Å². The molecule has 0 amide bonds. The minimum Gasteiger partial charge on any atom is -0.545 e. The van der Waals surface area contributed by atoms with Crippen LogP contribution in [0.25, 0.3) is 0 Å². The van der Waals surface area contributed by atoms with Gasteiger partial charge in [-0.3, -0.25) is 0 Å². The van der Waals surface area contributed by atoms with Gasteiger partial charge in [-0.2, -0.15) is 0 Å². The molecular formula is C19H15BrNO2-. The highest BCUT2D eigenvalue weighted by atomic mass is 79.9. The van der Waals surface area contributed by atoms with Gasteiger partial charge in [0, 0.05) is 21.6 Å². The van der Waals surface area contributed by atoms with Crippen LogP contribution in [-0.4, -0.2) is 5.97 Å². The molecule has 2 aromatic rings. The zero-order valence-corrected chi connectivity index (χ0v) is 13.9. The number of para-hydroxylation sites is 1. The first-order valence-corrected chi connectivity index (χ1v) is 8.47. The smallest absolute Gasteiger partial charge is 0.0736 e. The van der Waals surface area contributed by atoms with Gasteiger partial charge in [-0.05, 0) is 35.6 Å². The van der Waals surface area contributed by atoms with Gasteiger partial charge in [0.1, 0.15) is 0 Å². The van der Waals surface area contributed by atoms with E-state index in [1.807, 2.05) is 18.2 Å². The Labute approximate surface area is 143 Å². The van der Waals surface area contributed by atoms with Crippen LogP contribution in [0.4, 0.5) is 5.69 Å². The van der Waals surface area contributed by atoms with Crippen molar-refractivity contribution < 1.29 is 9.90 Å². The molecule has 23 heavy (non-hydrogen) atoms. The number of carbonyl (C=O) groups is 1. The molecule has 3 atom stereocenters. The molecule has 0 fully saturated rings. The van der Waals surface area contributed by atoms with E-state index in [1.165, 1.54) is 5.56 Å². The molecule has 2 aliphatic rings. The molecule has 4 heteroatoms. The number of carbonyl (C=O) groups excluding carboxylic acids is 1. The van der Waals surface area contributed by atoms with Gasteiger partial charge in [-0.25, -0.2) is 0 Å². The fourth-order valence-corrected chi connectivity index (χ4v) is 4.06. The number of benzene rings is 2. The Morgan fingerprint density at radius 1 is 1.17 bits per heavy atom. The predicted octanol–water partition coefficient (Wildman–Crippen LogP) is 3.64. The van der Waals surface area contributed by atoms with Crippen LogP contribution in [0, 0.1) is 5.92 Å². The first-order valence-electron chi connectivity index (χ1n) is 7.68. The highest BCUT2D eigenvalue weighted by Gasteiger charge is 2.38. The zero-order valence-electron chi connectivity index (χ0n) is 12.3. The maximum absolute atomic E-state index is 11.5. The van der Waals surface area contributed by atoms with Crippen LogP contribution in [0.3, 0.4) is 0 Å². The molecule has 4 rings (SSSR count). The van der Waals surface area contributed by atoms with Gasteiger partial charge in [-0.15, -0.1) is 0 Å². The summed E-state index contributed by atoms with van der Waals surface area (Å²) < 4.78 is 1.04. The molecule has 3 nitrogen and oxygen atoms in total. The summed E-state index contributed by atoms with van der Waals surface area (Å²) in [5, 5.41) is 15.0. The minimum atomic E-state index is -1.13. The van der Waals surface area contributed by atoms with E-state index in [-0.39, 0.29) is 17.5 Å². The summed E-state index contributed by atoms with van der Waals surface area (Å²) in [4.78, 5) is 11.5. The molecule has 0 spiro atoms. The lowest BCUT2D eigenvalue weighted by Gasteiger charge is -2.38. The quantitative estimate of drug-likeness (QED) is 0.823. The number of carboxylic acids is 1. The van der Waals surface area contributed by atoms with Crippen molar-refractivity contribution >= 4 is 27.6 Å². The largest absolute Gasteiger partial charge is 0.545 e. The third-order valence-electron chi connectivity index (χ3n) is 4.85. The number of hydrogen-bond acceptors (Lipinski definition) is 3. The Bertz CT molecular complexity index is 798. The van der Waals surface area contributed by atoms with Gasteiger partial charge in [0.05, 0.1) is 12.0 Å². The van der Waals surface area contributed by atoms with E-state index in [2.05, 4.69) is 45.5 Å². The Kier molecular flexibility index (Phi) is 3.49. The molecule has 1 heterocycles. The van der Waals surface area contributed by atoms with E-state index < -0.39 is 5.97 Å². The van der Waals surface area contributed by atoms with Gasteiger partial charge in [0.25, 0.3) is 0 Å². The Morgan fingerprint density at radius 3 is 2.70 bits per heavy atom. The van der Waals surface area contributed by atoms with Gasteiger partial charge in [0.2, 0.25) is 0 Å². The number of halogens is 1. The van der Waals surface area contributed by atoms with E-state index in [0.717, 1.165) is 16.5 Å². The fraction of sp³-hybridized carbons (Fsp3) is 0.211. The standard InChI is InChI=1S/C19H16BrNO2/c20-12-9-7-11(8-10-12)17-14-4-1-3-13(14)15-5-2-6-16(19(22)23)18(15)21-17/h1-3,5-10,13-14,17,21H,4H2,(H,22,23)/p-1/t13-,14-,17+/m0/s1. The lowest BCUT2D eigenvalue weighted by atomic mass is 9.76. The zero-order chi connectivity index (χ0) is 16.0. The van der Waals surface area contributed by atoms with Crippen LogP contribution in [0.1, 0.15) is 39.9 Å². The summed E-state index contributed by atoms with van der Waals surface area (Å²) in [5.74, 6) is -0.482. The van der Waals surface area contributed by atoms with Crippen molar-refractivity contribution in [2.75, 3.05) is 5.32 Å². The average molecular weight is 369 g/mol. The first kappa shape index (κ1) is 14.5. The number of fused-ring (bicyclic) bond motifs is 3. The number of allylic oxidation sites excluding steroid dienone is 2.